The minimum Gasteiger partial charge on any atom is -0.481 e. The normalized spacial score (nSPS) is 11.3. The number of unbranched alkanes of at least 4 members (excludes halogenated alkanes) is 2. The van der Waals surface area contributed by atoms with E-state index >= 15 is 0 Å². The summed E-state index contributed by atoms with van der Waals surface area (Å²) in [5, 5.41) is 8.85. The third-order valence-corrected chi connectivity index (χ3v) is 4.74. The van der Waals surface area contributed by atoms with Gasteiger partial charge in [-0.3, -0.25) is 4.79 Å². The number of alkyl halides is 3. The lowest BCUT2D eigenvalue weighted by atomic mass is 9.99. The SMILES string of the molecule is CCCCCC(=O)N(C)Cc1cccc(-c2cc(C(F)(F)F)ccc2OCC(=O)O)c1. The molecule has 2 rings (SSSR count). The Hall–Kier alpha value is -3.03. The summed E-state index contributed by atoms with van der Waals surface area (Å²) in [7, 11) is 1.69. The number of aliphatic carboxylic acids is 1. The highest BCUT2D eigenvalue weighted by atomic mass is 19.4. The molecule has 0 fully saturated rings. The standard InChI is InChI=1S/C23H26F3NO4/c1-3-4-5-9-21(28)27(2)14-16-7-6-8-17(12-16)19-13-18(23(24,25)26)10-11-20(19)31-15-22(29)30/h6-8,10-13H,3-5,9,14-15H2,1-2H3,(H,29,30). The van der Waals surface area contributed by atoms with Gasteiger partial charge in [0.2, 0.25) is 5.91 Å². The average molecular weight is 437 g/mol. The lowest BCUT2D eigenvalue weighted by Crippen LogP contribution is -2.25. The van der Waals surface area contributed by atoms with E-state index in [9.17, 15) is 22.8 Å². The number of hydrogen-bond donors (Lipinski definition) is 1. The molecule has 8 heteroatoms. The summed E-state index contributed by atoms with van der Waals surface area (Å²) >= 11 is 0. The van der Waals surface area contributed by atoms with Crippen LogP contribution in [0.25, 0.3) is 11.1 Å². The highest BCUT2D eigenvalue weighted by molar-refractivity contribution is 5.76. The van der Waals surface area contributed by atoms with Gasteiger partial charge in [-0.05, 0) is 41.8 Å². The molecule has 0 aromatic heterocycles. The van der Waals surface area contributed by atoms with Crippen molar-refractivity contribution >= 4 is 11.9 Å². The zero-order valence-corrected chi connectivity index (χ0v) is 17.5. The third-order valence-electron chi connectivity index (χ3n) is 4.74. The van der Waals surface area contributed by atoms with Gasteiger partial charge in [-0.15, -0.1) is 0 Å². The number of amides is 1. The second kappa shape index (κ2) is 10.8. The van der Waals surface area contributed by atoms with E-state index in [1.54, 1.807) is 36.2 Å². The maximum absolute atomic E-state index is 13.2. The summed E-state index contributed by atoms with van der Waals surface area (Å²) in [6, 6.07) is 9.68. The van der Waals surface area contributed by atoms with Crippen molar-refractivity contribution in [3.05, 3.63) is 53.6 Å². The van der Waals surface area contributed by atoms with Gasteiger partial charge in [0.15, 0.2) is 6.61 Å². The quantitative estimate of drug-likeness (QED) is 0.507. The van der Waals surface area contributed by atoms with E-state index in [1.165, 1.54) is 0 Å². The van der Waals surface area contributed by atoms with Crippen molar-refractivity contribution in [3.63, 3.8) is 0 Å². The van der Waals surface area contributed by atoms with Crippen LogP contribution in [0, 0.1) is 0 Å². The molecule has 1 N–H and O–H groups in total. The molecule has 0 saturated carbocycles. The Labute approximate surface area is 179 Å². The first-order chi connectivity index (χ1) is 14.6. The average Bonchev–Trinajstić information content (AvgIpc) is 2.71. The summed E-state index contributed by atoms with van der Waals surface area (Å²) in [5.41, 5.74) is 0.454. The van der Waals surface area contributed by atoms with Crippen LogP contribution >= 0.6 is 0 Å². The number of carbonyl (C=O) groups is 2. The van der Waals surface area contributed by atoms with Crippen molar-refractivity contribution in [1.29, 1.82) is 0 Å². The fourth-order valence-electron chi connectivity index (χ4n) is 3.11. The Morgan fingerprint density at radius 1 is 1.10 bits per heavy atom. The van der Waals surface area contributed by atoms with Crippen molar-refractivity contribution in [2.45, 2.75) is 45.3 Å². The predicted octanol–water partition coefficient (Wildman–Crippen LogP) is 5.37. The molecule has 0 aliphatic heterocycles. The van der Waals surface area contributed by atoms with E-state index in [4.69, 9.17) is 9.84 Å². The van der Waals surface area contributed by atoms with E-state index in [-0.39, 0.29) is 17.2 Å². The molecule has 31 heavy (non-hydrogen) atoms. The summed E-state index contributed by atoms with van der Waals surface area (Å²) in [5.74, 6) is -1.19. The van der Waals surface area contributed by atoms with Crippen molar-refractivity contribution in [2.24, 2.45) is 0 Å². The molecule has 0 spiro atoms. The molecule has 168 valence electrons. The van der Waals surface area contributed by atoms with Crippen LogP contribution in [0.3, 0.4) is 0 Å². The van der Waals surface area contributed by atoms with Crippen LogP contribution in [0.15, 0.2) is 42.5 Å². The van der Waals surface area contributed by atoms with Crippen molar-refractivity contribution in [2.75, 3.05) is 13.7 Å². The number of nitrogens with zero attached hydrogens (tertiary/aromatic N) is 1. The van der Waals surface area contributed by atoms with Gasteiger partial charge in [-0.25, -0.2) is 4.79 Å². The molecule has 2 aromatic carbocycles. The fourth-order valence-corrected chi connectivity index (χ4v) is 3.11. The van der Waals surface area contributed by atoms with Gasteiger partial charge in [0.1, 0.15) is 5.75 Å². The van der Waals surface area contributed by atoms with Crippen LogP contribution in [-0.2, 0) is 22.3 Å². The molecule has 0 aliphatic rings. The Morgan fingerprint density at radius 3 is 2.48 bits per heavy atom. The van der Waals surface area contributed by atoms with Gasteiger partial charge in [0.05, 0.1) is 5.56 Å². The first kappa shape index (κ1) is 24.2. The number of carboxylic acids is 1. The lowest BCUT2D eigenvalue weighted by molar-refractivity contribution is -0.140. The highest BCUT2D eigenvalue weighted by Gasteiger charge is 2.31. The molecule has 0 unspecified atom stereocenters. The second-order valence-electron chi connectivity index (χ2n) is 7.30. The Kier molecular flexibility index (Phi) is 8.47. The number of halogens is 3. The van der Waals surface area contributed by atoms with Gasteiger partial charge >= 0.3 is 12.1 Å². The van der Waals surface area contributed by atoms with Gasteiger partial charge in [0.25, 0.3) is 0 Å². The van der Waals surface area contributed by atoms with Crippen molar-refractivity contribution in [3.8, 4) is 16.9 Å². The number of hydrogen-bond acceptors (Lipinski definition) is 3. The predicted molar refractivity (Wildman–Crippen MR) is 111 cm³/mol. The molecule has 0 aliphatic carbocycles. The fraction of sp³-hybridized carbons (Fsp3) is 0.391. The van der Waals surface area contributed by atoms with Crippen molar-refractivity contribution in [1.82, 2.24) is 4.90 Å². The summed E-state index contributed by atoms with van der Waals surface area (Å²) < 4.78 is 44.9. The van der Waals surface area contributed by atoms with Crippen LogP contribution in [0.5, 0.6) is 5.75 Å². The van der Waals surface area contributed by atoms with E-state index < -0.39 is 24.3 Å². The zero-order valence-electron chi connectivity index (χ0n) is 17.5. The molecule has 5 nitrogen and oxygen atoms in total. The van der Waals surface area contributed by atoms with E-state index in [0.29, 0.717) is 18.5 Å². The molecule has 0 saturated heterocycles. The molecule has 0 atom stereocenters. The van der Waals surface area contributed by atoms with E-state index in [2.05, 4.69) is 6.92 Å². The maximum Gasteiger partial charge on any atom is 0.416 e. The molecule has 0 radical (unpaired) electrons. The number of carboxylic acid groups (broad SMARTS) is 1. The topological polar surface area (TPSA) is 66.8 Å². The summed E-state index contributed by atoms with van der Waals surface area (Å²) in [6.45, 7) is 1.69. The van der Waals surface area contributed by atoms with E-state index in [0.717, 1.165) is 43.0 Å². The zero-order chi connectivity index (χ0) is 23.0. The highest BCUT2D eigenvalue weighted by Crippen LogP contribution is 2.37. The Morgan fingerprint density at radius 2 is 1.84 bits per heavy atom. The van der Waals surface area contributed by atoms with Gasteiger partial charge in [0, 0.05) is 25.6 Å². The van der Waals surface area contributed by atoms with Crippen LogP contribution < -0.4 is 4.74 Å². The molecule has 0 heterocycles. The van der Waals surface area contributed by atoms with E-state index in [1.807, 2.05) is 0 Å². The molecular weight excluding hydrogens is 411 g/mol. The summed E-state index contributed by atoms with van der Waals surface area (Å²) in [6.07, 6.45) is -1.30. The van der Waals surface area contributed by atoms with Crippen LogP contribution in [0.2, 0.25) is 0 Å². The van der Waals surface area contributed by atoms with Crippen LogP contribution in [-0.4, -0.2) is 35.5 Å². The molecular formula is C23H26F3NO4. The van der Waals surface area contributed by atoms with Gasteiger partial charge in [-0.2, -0.15) is 13.2 Å². The smallest absolute Gasteiger partial charge is 0.416 e. The molecule has 0 bridgehead atoms. The maximum atomic E-state index is 13.2. The van der Waals surface area contributed by atoms with Gasteiger partial charge < -0.3 is 14.7 Å². The molecule has 1 amide bonds. The minimum absolute atomic E-state index is 0.00315. The van der Waals surface area contributed by atoms with Crippen molar-refractivity contribution < 1.29 is 32.6 Å². The largest absolute Gasteiger partial charge is 0.481 e. The van der Waals surface area contributed by atoms with Gasteiger partial charge in [-0.1, -0.05) is 38.0 Å². The monoisotopic (exact) mass is 437 g/mol. The Bertz CT molecular complexity index is 912. The third kappa shape index (κ3) is 7.31. The molecule has 2 aromatic rings. The number of benzene rings is 2. The first-order valence-corrected chi connectivity index (χ1v) is 10.0. The summed E-state index contributed by atoms with van der Waals surface area (Å²) in [4.78, 5) is 24.7. The lowest BCUT2D eigenvalue weighted by Gasteiger charge is -2.18. The number of ether oxygens (including phenoxy) is 1. The minimum atomic E-state index is -4.55. The second-order valence-corrected chi connectivity index (χ2v) is 7.30. The van der Waals surface area contributed by atoms with Crippen LogP contribution in [0.1, 0.15) is 43.7 Å². The van der Waals surface area contributed by atoms with Crippen LogP contribution in [0.4, 0.5) is 13.2 Å². The first-order valence-electron chi connectivity index (χ1n) is 10.0. The number of rotatable bonds is 10. The number of carbonyl (C=O) groups excluding carboxylic acids is 1. The Balaban J connectivity index is 2.30.